The quantitative estimate of drug-likeness (QED) is 0.908. The zero-order valence-electron chi connectivity index (χ0n) is 9.01. The van der Waals surface area contributed by atoms with Crippen LogP contribution in [0.15, 0.2) is 36.8 Å². The molecule has 0 aliphatic carbocycles. The van der Waals surface area contributed by atoms with Crippen molar-refractivity contribution in [2.45, 2.75) is 13.0 Å². The average molecular weight is 251 g/mol. The van der Waals surface area contributed by atoms with Gasteiger partial charge in [-0.2, -0.15) is 0 Å². The highest BCUT2D eigenvalue weighted by Crippen LogP contribution is 2.19. The van der Waals surface area contributed by atoms with E-state index in [0.29, 0.717) is 11.6 Å². The van der Waals surface area contributed by atoms with E-state index in [1.807, 2.05) is 18.3 Å². The summed E-state index contributed by atoms with van der Waals surface area (Å²) in [6, 6.07) is 7.36. The predicted octanol–water partition coefficient (Wildman–Crippen LogP) is 2.68. The largest absolute Gasteiger partial charge is 0.481 e. The van der Waals surface area contributed by atoms with E-state index in [-0.39, 0.29) is 6.42 Å². The molecule has 0 unspecified atom stereocenters. The molecule has 17 heavy (non-hydrogen) atoms. The number of halogens is 1. The summed E-state index contributed by atoms with van der Waals surface area (Å²) in [4.78, 5) is 14.7. The van der Waals surface area contributed by atoms with Gasteiger partial charge in [0.05, 0.1) is 18.4 Å². The van der Waals surface area contributed by atoms with Crippen LogP contribution in [0.5, 0.6) is 0 Å². The second-order valence-corrected chi connectivity index (χ2v) is 4.08. The van der Waals surface area contributed by atoms with E-state index in [1.165, 1.54) is 0 Å². The lowest BCUT2D eigenvalue weighted by atomic mass is 10.2. The number of carboxylic acid groups (broad SMARTS) is 1. The molecule has 1 aromatic carbocycles. The number of rotatable bonds is 4. The van der Waals surface area contributed by atoms with Gasteiger partial charge >= 0.3 is 5.97 Å². The number of aromatic nitrogens is 2. The van der Waals surface area contributed by atoms with Crippen molar-refractivity contribution in [1.82, 2.24) is 9.55 Å². The van der Waals surface area contributed by atoms with Crippen molar-refractivity contribution in [3.63, 3.8) is 0 Å². The van der Waals surface area contributed by atoms with Gasteiger partial charge in [0, 0.05) is 23.3 Å². The molecule has 1 aromatic heterocycles. The molecule has 0 saturated carbocycles. The van der Waals surface area contributed by atoms with Crippen molar-refractivity contribution in [1.29, 1.82) is 0 Å². The first kappa shape index (κ1) is 11.7. The Labute approximate surface area is 103 Å². The van der Waals surface area contributed by atoms with Gasteiger partial charge in [0.25, 0.3) is 0 Å². The summed E-state index contributed by atoms with van der Waals surface area (Å²) in [6.07, 6.45) is 3.55. The number of carboxylic acids is 1. The van der Waals surface area contributed by atoms with Crippen LogP contribution in [0.3, 0.4) is 0 Å². The minimum absolute atomic E-state index is 0.0937. The standard InChI is InChI=1S/C12H11ClN2O2/c13-10-3-1-9(2-4-10)11-7-15(8-14-11)6-5-12(16)17/h1-4,7-8H,5-6H2,(H,16,17). The lowest BCUT2D eigenvalue weighted by Gasteiger charge is -1.98. The van der Waals surface area contributed by atoms with Crippen LogP contribution in [0.2, 0.25) is 5.02 Å². The highest BCUT2D eigenvalue weighted by Gasteiger charge is 2.03. The van der Waals surface area contributed by atoms with Crippen molar-refractivity contribution in [2.24, 2.45) is 0 Å². The molecular formula is C12H11ClN2O2. The third-order valence-corrected chi connectivity index (χ3v) is 2.61. The fourth-order valence-corrected chi connectivity index (χ4v) is 1.60. The topological polar surface area (TPSA) is 55.1 Å². The number of hydrogen-bond acceptors (Lipinski definition) is 2. The summed E-state index contributed by atoms with van der Waals surface area (Å²) in [6.45, 7) is 0.427. The molecular weight excluding hydrogens is 240 g/mol. The zero-order chi connectivity index (χ0) is 12.3. The van der Waals surface area contributed by atoms with Crippen molar-refractivity contribution < 1.29 is 9.90 Å². The monoisotopic (exact) mass is 250 g/mol. The van der Waals surface area contributed by atoms with Crippen molar-refractivity contribution >= 4 is 17.6 Å². The lowest BCUT2D eigenvalue weighted by molar-refractivity contribution is -0.137. The van der Waals surface area contributed by atoms with Crippen molar-refractivity contribution in [3.05, 3.63) is 41.8 Å². The Bertz CT molecular complexity index is 520. The summed E-state index contributed by atoms with van der Waals surface area (Å²) in [7, 11) is 0. The first-order valence-corrected chi connectivity index (χ1v) is 5.52. The molecule has 4 nitrogen and oxygen atoms in total. The van der Waals surface area contributed by atoms with Gasteiger partial charge < -0.3 is 9.67 Å². The van der Waals surface area contributed by atoms with Gasteiger partial charge in [0.15, 0.2) is 0 Å². The summed E-state index contributed by atoms with van der Waals surface area (Å²) < 4.78 is 1.76. The number of nitrogens with zero attached hydrogens (tertiary/aromatic N) is 2. The van der Waals surface area contributed by atoms with Crippen LogP contribution < -0.4 is 0 Å². The van der Waals surface area contributed by atoms with Crippen LogP contribution in [-0.4, -0.2) is 20.6 Å². The first-order valence-electron chi connectivity index (χ1n) is 5.14. The molecule has 2 rings (SSSR count). The summed E-state index contributed by atoms with van der Waals surface area (Å²) in [5.74, 6) is -0.813. The lowest BCUT2D eigenvalue weighted by Crippen LogP contribution is -2.02. The van der Waals surface area contributed by atoms with Gasteiger partial charge in [0.2, 0.25) is 0 Å². The molecule has 0 spiro atoms. The van der Waals surface area contributed by atoms with Crippen LogP contribution in [0.25, 0.3) is 11.3 Å². The maximum Gasteiger partial charge on any atom is 0.305 e. The molecule has 0 bridgehead atoms. The maximum absolute atomic E-state index is 10.4. The molecule has 0 aliphatic heterocycles. The third kappa shape index (κ3) is 3.07. The number of hydrogen-bond donors (Lipinski definition) is 1. The Morgan fingerprint density at radius 3 is 2.71 bits per heavy atom. The van der Waals surface area contributed by atoms with Crippen molar-refractivity contribution in [2.75, 3.05) is 0 Å². The molecule has 1 heterocycles. The fraction of sp³-hybridized carbons (Fsp3) is 0.167. The smallest absolute Gasteiger partial charge is 0.305 e. The predicted molar refractivity (Wildman–Crippen MR) is 64.9 cm³/mol. The molecule has 0 aliphatic rings. The SMILES string of the molecule is O=C(O)CCn1cnc(-c2ccc(Cl)cc2)c1. The number of benzene rings is 1. The molecule has 0 radical (unpaired) electrons. The second-order valence-electron chi connectivity index (χ2n) is 3.65. The first-order chi connectivity index (χ1) is 8.15. The van der Waals surface area contributed by atoms with Crippen LogP contribution >= 0.6 is 11.6 Å². The molecule has 88 valence electrons. The van der Waals surface area contributed by atoms with E-state index < -0.39 is 5.97 Å². The molecule has 0 amide bonds. The summed E-state index contributed by atoms with van der Waals surface area (Å²) >= 11 is 5.80. The highest BCUT2D eigenvalue weighted by atomic mass is 35.5. The number of aliphatic carboxylic acids is 1. The second kappa shape index (κ2) is 5.01. The average Bonchev–Trinajstić information content (AvgIpc) is 2.76. The van der Waals surface area contributed by atoms with Gasteiger partial charge in [-0.05, 0) is 12.1 Å². The van der Waals surface area contributed by atoms with Gasteiger partial charge in [0.1, 0.15) is 0 Å². The summed E-state index contributed by atoms with van der Waals surface area (Å²) in [5.41, 5.74) is 1.77. The molecule has 0 atom stereocenters. The van der Waals surface area contributed by atoms with E-state index in [1.54, 1.807) is 23.0 Å². The Hall–Kier alpha value is -1.81. The van der Waals surface area contributed by atoms with Crippen LogP contribution in [0.4, 0.5) is 0 Å². The third-order valence-electron chi connectivity index (χ3n) is 2.36. The van der Waals surface area contributed by atoms with E-state index in [9.17, 15) is 4.79 Å². The highest BCUT2D eigenvalue weighted by molar-refractivity contribution is 6.30. The number of aryl methyl sites for hydroxylation is 1. The molecule has 0 saturated heterocycles. The Balaban J connectivity index is 2.12. The molecule has 2 aromatic rings. The van der Waals surface area contributed by atoms with Crippen LogP contribution in [-0.2, 0) is 11.3 Å². The van der Waals surface area contributed by atoms with Gasteiger partial charge in [-0.3, -0.25) is 4.79 Å². The van der Waals surface area contributed by atoms with E-state index >= 15 is 0 Å². The van der Waals surface area contributed by atoms with Gasteiger partial charge in [-0.1, -0.05) is 23.7 Å². The number of imidazole rings is 1. The zero-order valence-corrected chi connectivity index (χ0v) is 9.76. The Morgan fingerprint density at radius 1 is 1.35 bits per heavy atom. The van der Waals surface area contributed by atoms with Gasteiger partial charge in [-0.25, -0.2) is 4.98 Å². The maximum atomic E-state index is 10.4. The summed E-state index contributed by atoms with van der Waals surface area (Å²) in [5, 5.41) is 9.26. The van der Waals surface area contributed by atoms with Crippen LogP contribution in [0, 0.1) is 0 Å². The van der Waals surface area contributed by atoms with E-state index in [4.69, 9.17) is 16.7 Å². The fourth-order valence-electron chi connectivity index (χ4n) is 1.48. The van der Waals surface area contributed by atoms with E-state index in [2.05, 4.69) is 4.98 Å². The molecule has 0 fully saturated rings. The Morgan fingerprint density at radius 2 is 2.06 bits per heavy atom. The molecule has 1 N–H and O–H groups in total. The number of carbonyl (C=O) groups is 1. The minimum atomic E-state index is -0.813. The minimum Gasteiger partial charge on any atom is -0.481 e. The Kier molecular flexibility index (Phi) is 3.44. The van der Waals surface area contributed by atoms with Gasteiger partial charge in [-0.15, -0.1) is 0 Å². The van der Waals surface area contributed by atoms with E-state index in [0.717, 1.165) is 11.3 Å². The van der Waals surface area contributed by atoms with Crippen molar-refractivity contribution in [3.8, 4) is 11.3 Å². The molecule has 5 heteroatoms. The normalized spacial score (nSPS) is 10.4. The van der Waals surface area contributed by atoms with Crippen LogP contribution in [0.1, 0.15) is 6.42 Å².